The largest absolute Gasteiger partial charge is 0.489 e. The Morgan fingerprint density at radius 1 is 1.19 bits per heavy atom. The molecule has 3 aromatic rings. The van der Waals surface area contributed by atoms with E-state index in [2.05, 4.69) is 29.2 Å². The van der Waals surface area contributed by atoms with Crippen LogP contribution in [0.5, 0.6) is 5.75 Å². The number of oxazole rings is 1. The number of fused-ring (bicyclic) bond motifs is 1. The number of halogens is 1. The Bertz CT molecular complexity index is 920. The molecule has 0 amide bonds. The molecule has 26 heavy (non-hydrogen) atoms. The summed E-state index contributed by atoms with van der Waals surface area (Å²) in [5.74, 6) is 1.04. The summed E-state index contributed by atoms with van der Waals surface area (Å²) < 4.78 is 11.9. The quantitative estimate of drug-likeness (QED) is 0.405. The van der Waals surface area contributed by atoms with Gasteiger partial charge in [-0.2, -0.15) is 0 Å². The van der Waals surface area contributed by atoms with Gasteiger partial charge in [0, 0.05) is 28.5 Å². The maximum absolute atomic E-state index is 12.6. The first-order valence-corrected chi connectivity index (χ1v) is 9.71. The number of benzene rings is 2. The first-order chi connectivity index (χ1) is 12.7. The molecule has 132 valence electrons. The van der Waals surface area contributed by atoms with Crippen molar-refractivity contribution in [2.45, 2.75) is 25.9 Å². The molecule has 1 aliphatic rings. The fourth-order valence-corrected chi connectivity index (χ4v) is 3.68. The van der Waals surface area contributed by atoms with Crippen molar-refractivity contribution in [1.29, 1.82) is 0 Å². The highest BCUT2D eigenvalue weighted by Gasteiger charge is 2.28. The zero-order valence-electron chi connectivity index (χ0n) is 14.2. The maximum Gasteiger partial charge on any atom is 0.264 e. The lowest BCUT2D eigenvalue weighted by Crippen LogP contribution is -2.23. The van der Waals surface area contributed by atoms with Crippen LogP contribution in [0.15, 0.2) is 59.1 Å². The number of aromatic nitrogens is 1. The third-order valence-corrected chi connectivity index (χ3v) is 5.21. The molecule has 4 rings (SSSR count). The molecule has 0 saturated carbocycles. The monoisotopic (exact) mass is 459 g/mol. The fourth-order valence-electron chi connectivity index (χ4n) is 3.33. The van der Waals surface area contributed by atoms with E-state index in [0.717, 1.165) is 30.6 Å². The number of carbonyl (C=O) groups is 1. The highest BCUT2D eigenvalue weighted by atomic mass is 127. The number of aryl methyl sites for hydroxylation is 1. The van der Waals surface area contributed by atoms with E-state index in [1.54, 1.807) is 6.20 Å². The molecule has 1 aromatic heterocycles. The molecule has 0 unspecified atom stereocenters. The molecule has 0 bridgehead atoms. The van der Waals surface area contributed by atoms with Crippen LogP contribution in [0.2, 0.25) is 0 Å². The predicted octanol–water partition coefficient (Wildman–Crippen LogP) is 4.85. The molecule has 0 spiro atoms. The third kappa shape index (κ3) is 3.82. The number of Topliss-reactive ketones (excluding diaryl/α,β-unsaturated/α-hetero) is 1. The van der Waals surface area contributed by atoms with Gasteiger partial charge in [0.15, 0.2) is 3.77 Å². The Morgan fingerprint density at radius 3 is 2.81 bits per heavy atom. The van der Waals surface area contributed by atoms with Gasteiger partial charge in [-0.25, -0.2) is 4.98 Å². The maximum atomic E-state index is 12.6. The molecule has 2 aromatic carbocycles. The Hall–Kier alpha value is -2.15. The van der Waals surface area contributed by atoms with Crippen LogP contribution >= 0.6 is 22.6 Å². The van der Waals surface area contributed by atoms with Crippen LogP contribution in [0.4, 0.5) is 0 Å². The summed E-state index contributed by atoms with van der Waals surface area (Å²) in [6.07, 6.45) is 3.99. The second-order valence-corrected chi connectivity index (χ2v) is 7.54. The van der Waals surface area contributed by atoms with E-state index in [9.17, 15) is 4.79 Å². The van der Waals surface area contributed by atoms with Crippen molar-refractivity contribution in [3.63, 3.8) is 0 Å². The molecule has 1 aliphatic carbocycles. The van der Waals surface area contributed by atoms with Gasteiger partial charge in [0.2, 0.25) is 5.78 Å². The van der Waals surface area contributed by atoms with Crippen LogP contribution in [0.25, 0.3) is 0 Å². The minimum atomic E-state index is -0.0620. The van der Waals surface area contributed by atoms with Gasteiger partial charge in [0.1, 0.15) is 12.4 Å². The van der Waals surface area contributed by atoms with E-state index in [0.29, 0.717) is 10.4 Å². The van der Waals surface area contributed by atoms with Gasteiger partial charge in [0.25, 0.3) is 5.89 Å². The minimum Gasteiger partial charge on any atom is -0.489 e. The summed E-state index contributed by atoms with van der Waals surface area (Å²) in [5.41, 5.74) is 3.63. The van der Waals surface area contributed by atoms with E-state index in [1.807, 2.05) is 46.9 Å². The van der Waals surface area contributed by atoms with Crippen molar-refractivity contribution < 1.29 is 13.9 Å². The summed E-state index contributed by atoms with van der Waals surface area (Å²) in [5, 5.41) is 0. The number of hydrogen-bond donors (Lipinski definition) is 0. The minimum absolute atomic E-state index is 0.00275. The van der Waals surface area contributed by atoms with Crippen molar-refractivity contribution in [3.8, 4) is 5.75 Å². The number of rotatable bonds is 5. The molecule has 0 aliphatic heterocycles. The van der Waals surface area contributed by atoms with Gasteiger partial charge in [-0.1, -0.05) is 36.4 Å². The smallest absolute Gasteiger partial charge is 0.264 e. The number of ether oxygens (including phenoxy) is 1. The van der Waals surface area contributed by atoms with Gasteiger partial charge in [-0.3, -0.25) is 4.79 Å². The summed E-state index contributed by atoms with van der Waals surface area (Å²) in [6.45, 7) is 0.559. The van der Waals surface area contributed by atoms with Gasteiger partial charge in [-0.05, 0) is 48.1 Å². The Labute approximate surface area is 165 Å². The van der Waals surface area contributed by atoms with Gasteiger partial charge >= 0.3 is 0 Å². The molecule has 1 atom stereocenters. The highest BCUT2D eigenvalue weighted by molar-refractivity contribution is 14.1. The summed E-state index contributed by atoms with van der Waals surface area (Å²) in [4.78, 5) is 16.6. The number of carbonyl (C=O) groups excluding carboxylic acids is 1. The SMILES string of the molecule is O=C(c1ncc(I)o1)[C@@H]1CCc2cc(OCc3ccccc3)ccc2C1. The highest BCUT2D eigenvalue weighted by Crippen LogP contribution is 2.30. The van der Waals surface area contributed by atoms with Crippen molar-refractivity contribution in [1.82, 2.24) is 4.98 Å². The Morgan fingerprint density at radius 2 is 2.04 bits per heavy atom. The molecule has 0 radical (unpaired) electrons. The van der Waals surface area contributed by atoms with E-state index < -0.39 is 0 Å². The molecule has 0 fully saturated rings. The average Bonchev–Trinajstić information content (AvgIpc) is 3.12. The molecule has 4 nitrogen and oxygen atoms in total. The number of hydrogen-bond acceptors (Lipinski definition) is 4. The van der Waals surface area contributed by atoms with Crippen LogP contribution in [-0.4, -0.2) is 10.8 Å². The lowest BCUT2D eigenvalue weighted by Gasteiger charge is -2.23. The lowest BCUT2D eigenvalue weighted by atomic mass is 9.81. The van der Waals surface area contributed by atoms with Crippen molar-refractivity contribution in [3.05, 3.63) is 81.1 Å². The van der Waals surface area contributed by atoms with E-state index in [-0.39, 0.29) is 17.6 Å². The zero-order chi connectivity index (χ0) is 17.9. The molecule has 5 heteroatoms. The first kappa shape index (κ1) is 17.3. The van der Waals surface area contributed by atoms with Crippen LogP contribution in [0.3, 0.4) is 0 Å². The first-order valence-electron chi connectivity index (χ1n) is 8.63. The molecular formula is C21H18INO3. The van der Waals surface area contributed by atoms with Crippen molar-refractivity contribution >= 4 is 28.4 Å². The molecule has 1 heterocycles. The summed E-state index contributed by atoms with van der Waals surface area (Å²) >= 11 is 2.03. The van der Waals surface area contributed by atoms with Gasteiger partial charge in [-0.15, -0.1) is 0 Å². The molecular weight excluding hydrogens is 441 g/mol. The third-order valence-electron chi connectivity index (χ3n) is 4.71. The predicted molar refractivity (Wildman–Crippen MR) is 106 cm³/mol. The summed E-state index contributed by atoms with van der Waals surface area (Å²) in [7, 11) is 0. The van der Waals surface area contributed by atoms with E-state index in [4.69, 9.17) is 9.15 Å². The van der Waals surface area contributed by atoms with Crippen LogP contribution in [0, 0.1) is 9.68 Å². The second-order valence-electron chi connectivity index (χ2n) is 6.48. The number of nitrogens with zero attached hydrogens (tertiary/aromatic N) is 1. The van der Waals surface area contributed by atoms with Crippen LogP contribution in [0.1, 0.15) is 33.8 Å². The van der Waals surface area contributed by atoms with Gasteiger partial charge < -0.3 is 9.15 Å². The second kappa shape index (κ2) is 7.61. The Balaban J connectivity index is 1.43. The normalized spacial score (nSPS) is 16.1. The fraction of sp³-hybridized carbons (Fsp3) is 0.238. The zero-order valence-corrected chi connectivity index (χ0v) is 16.3. The van der Waals surface area contributed by atoms with E-state index in [1.165, 1.54) is 11.1 Å². The van der Waals surface area contributed by atoms with Gasteiger partial charge in [0.05, 0.1) is 6.20 Å². The average molecular weight is 459 g/mol. The van der Waals surface area contributed by atoms with Crippen LogP contribution in [-0.2, 0) is 19.4 Å². The standard InChI is InChI=1S/C21H18INO3/c22-19-12-23-21(26-19)20(24)17-7-6-16-11-18(9-8-15(16)10-17)25-13-14-4-2-1-3-5-14/h1-5,8-9,11-12,17H,6-7,10,13H2/t17-/m1/s1. The number of ketones is 1. The van der Waals surface area contributed by atoms with Crippen molar-refractivity contribution in [2.75, 3.05) is 0 Å². The van der Waals surface area contributed by atoms with Crippen molar-refractivity contribution in [2.24, 2.45) is 5.92 Å². The van der Waals surface area contributed by atoms with Crippen LogP contribution < -0.4 is 4.74 Å². The Kier molecular flexibility index (Phi) is 5.06. The topological polar surface area (TPSA) is 52.3 Å². The lowest BCUT2D eigenvalue weighted by molar-refractivity contribution is 0.0871. The summed E-state index contributed by atoms with van der Waals surface area (Å²) in [6, 6.07) is 16.3. The molecule has 0 saturated heterocycles. The molecule has 0 N–H and O–H groups in total. The van der Waals surface area contributed by atoms with E-state index >= 15 is 0 Å².